The maximum Gasteiger partial charge on any atom is 0.264 e. The predicted octanol–water partition coefficient (Wildman–Crippen LogP) is 4.45. The monoisotopic (exact) mass is 505 g/mol. The smallest absolute Gasteiger partial charge is 0.264 e. The van der Waals surface area contributed by atoms with Gasteiger partial charge in [-0.3, -0.25) is 9.10 Å². The van der Waals surface area contributed by atoms with Crippen LogP contribution in [-0.2, 0) is 14.8 Å². The molecule has 0 saturated carbocycles. The number of halogens is 2. The zero-order chi connectivity index (χ0) is 21.6. The number of hydrazone groups is 1. The van der Waals surface area contributed by atoms with E-state index in [2.05, 4.69) is 26.5 Å². The average Bonchev–Trinajstić information content (AvgIpc) is 2.74. The Bertz CT molecular complexity index is 1170. The van der Waals surface area contributed by atoms with Crippen LogP contribution < -0.4 is 9.73 Å². The van der Waals surface area contributed by atoms with Gasteiger partial charge in [0.15, 0.2) is 0 Å². The van der Waals surface area contributed by atoms with Crippen LogP contribution in [0.3, 0.4) is 0 Å². The molecule has 0 aliphatic rings. The summed E-state index contributed by atoms with van der Waals surface area (Å²) in [6, 6.07) is 21.6. The average molecular weight is 507 g/mol. The van der Waals surface area contributed by atoms with Crippen molar-refractivity contribution in [2.75, 3.05) is 10.8 Å². The van der Waals surface area contributed by atoms with E-state index in [9.17, 15) is 13.2 Å². The number of rotatable bonds is 7. The van der Waals surface area contributed by atoms with E-state index in [1.807, 2.05) is 0 Å². The molecule has 0 unspecified atom stereocenters. The number of nitrogens with zero attached hydrogens (tertiary/aromatic N) is 2. The molecule has 0 saturated heterocycles. The van der Waals surface area contributed by atoms with E-state index in [0.717, 1.165) is 4.31 Å². The fourth-order valence-corrected chi connectivity index (χ4v) is 4.59. The Morgan fingerprint density at radius 1 is 1.03 bits per heavy atom. The summed E-state index contributed by atoms with van der Waals surface area (Å²) in [5.74, 6) is -0.599. The van der Waals surface area contributed by atoms with Crippen LogP contribution in [-0.4, -0.2) is 27.1 Å². The Hall–Kier alpha value is -2.68. The normalized spacial score (nSPS) is 11.4. The van der Waals surface area contributed by atoms with E-state index in [0.29, 0.717) is 20.7 Å². The van der Waals surface area contributed by atoms with Crippen molar-refractivity contribution in [3.63, 3.8) is 0 Å². The van der Waals surface area contributed by atoms with Gasteiger partial charge in [0.25, 0.3) is 15.9 Å². The molecule has 0 heterocycles. The van der Waals surface area contributed by atoms with Crippen LogP contribution in [0.4, 0.5) is 5.69 Å². The maximum absolute atomic E-state index is 13.2. The molecule has 9 heteroatoms. The SMILES string of the molecule is O=C(CN(c1cccc(Br)c1)S(=O)(=O)c1ccccc1)N/N=C\c1ccccc1Cl. The van der Waals surface area contributed by atoms with E-state index >= 15 is 0 Å². The van der Waals surface area contributed by atoms with Gasteiger partial charge in [0.1, 0.15) is 6.54 Å². The highest BCUT2D eigenvalue weighted by Gasteiger charge is 2.27. The van der Waals surface area contributed by atoms with Gasteiger partial charge in [-0.15, -0.1) is 0 Å². The second-order valence-corrected chi connectivity index (χ2v) is 9.30. The van der Waals surface area contributed by atoms with Gasteiger partial charge >= 0.3 is 0 Å². The molecule has 3 aromatic carbocycles. The number of nitrogens with one attached hydrogen (secondary N) is 1. The van der Waals surface area contributed by atoms with Crippen molar-refractivity contribution in [1.82, 2.24) is 5.43 Å². The summed E-state index contributed by atoms with van der Waals surface area (Å²) in [7, 11) is -3.97. The third-order valence-corrected chi connectivity index (χ3v) is 6.64. The van der Waals surface area contributed by atoms with Crippen LogP contribution in [0.15, 0.2) is 93.3 Å². The summed E-state index contributed by atoms with van der Waals surface area (Å²) in [4.78, 5) is 12.6. The van der Waals surface area contributed by atoms with Gasteiger partial charge in [-0.2, -0.15) is 5.10 Å². The Kier molecular flexibility index (Phi) is 7.25. The molecule has 0 bridgehead atoms. The molecule has 3 rings (SSSR count). The van der Waals surface area contributed by atoms with Crippen LogP contribution >= 0.6 is 27.5 Å². The van der Waals surface area contributed by atoms with Crippen molar-refractivity contribution in [3.05, 3.63) is 93.9 Å². The van der Waals surface area contributed by atoms with Crippen LogP contribution in [0.2, 0.25) is 5.02 Å². The number of carbonyl (C=O) groups excluding carboxylic acids is 1. The molecule has 154 valence electrons. The molecule has 1 amide bonds. The van der Waals surface area contributed by atoms with Crippen molar-refractivity contribution in [3.8, 4) is 0 Å². The quantitative estimate of drug-likeness (QED) is 0.380. The van der Waals surface area contributed by atoms with Gasteiger partial charge in [-0.1, -0.05) is 70.0 Å². The molecular weight excluding hydrogens is 490 g/mol. The summed E-state index contributed by atoms with van der Waals surface area (Å²) in [5.41, 5.74) is 3.32. The van der Waals surface area contributed by atoms with Gasteiger partial charge in [0.05, 0.1) is 16.8 Å². The van der Waals surface area contributed by atoms with Gasteiger partial charge in [0, 0.05) is 15.1 Å². The summed E-state index contributed by atoms with van der Waals surface area (Å²) in [6.07, 6.45) is 1.40. The minimum Gasteiger partial charge on any atom is -0.271 e. The molecule has 0 atom stereocenters. The first kappa shape index (κ1) is 22.0. The van der Waals surface area contributed by atoms with Crippen molar-refractivity contribution in [1.29, 1.82) is 0 Å². The highest BCUT2D eigenvalue weighted by atomic mass is 79.9. The minimum absolute atomic E-state index is 0.0809. The topological polar surface area (TPSA) is 78.8 Å². The fraction of sp³-hybridized carbons (Fsp3) is 0.0476. The standard InChI is InChI=1S/C21H17BrClN3O3S/c22-17-8-6-9-18(13-17)26(30(28,29)19-10-2-1-3-11-19)15-21(27)25-24-14-16-7-4-5-12-20(16)23/h1-14H,15H2,(H,25,27)/b24-14-. The van der Waals surface area contributed by atoms with Crippen molar-refractivity contribution in [2.24, 2.45) is 5.10 Å². The number of carbonyl (C=O) groups is 1. The molecule has 0 aromatic heterocycles. The zero-order valence-corrected chi connectivity index (χ0v) is 18.7. The number of hydrogen-bond acceptors (Lipinski definition) is 4. The van der Waals surface area contributed by atoms with Gasteiger partial charge in [0.2, 0.25) is 0 Å². The van der Waals surface area contributed by atoms with Crippen molar-refractivity contribution < 1.29 is 13.2 Å². The summed E-state index contributed by atoms with van der Waals surface area (Å²) < 4.78 is 28.1. The second-order valence-electron chi connectivity index (χ2n) is 6.12. The number of amides is 1. The highest BCUT2D eigenvalue weighted by molar-refractivity contribution is 9.10. The first-order chi connectivity index (χ1) is 14.4. The molecular formula is C21H17BrClN3O3S. The molecule has 3 aromatic rings. The Morgan fingerprint density at radius 3 is 2.43 bits per heavy atom. The fourth-order valence-electron chi connectivity index (χ4n) is 2.59. The number of anilines is 1. The van der Waals surface area contributed by atoms with E-state index in [-0.39, 0.29) is 4.90 Å². The third-order valence-electron chi connectivity index (χ3n) is 4.01. The van der Waals surface area contributed by atoms with Crippen LogP contribution in [0, 0.1) is 0 Å². The van der Waals surface area contributed by atoms with Crippen molar-refractivity contribution in [2.45, 2.75) is 4.90 Å². The summed E-state index contributed by atoms with van der Waals surface area (Å²) in [5, 5.41) is 4.37. The Labute approximate surface area is 188 Å². The second kappa shape index (κ2) is 9.88. The third kappa shape index (κ3) is 5.47. The molecule has 0 spiro atoms. The van der Waals surface area contributed by atoms with E-state index < -0.39 is 22.5 Å². The number of hydrogen-bond donors (Lipinski definition) is 1. The Morgan fingerprint density at radius 2 is 1.73 bits per heavy atom. The molecule has 0 radical (unpaired) electrons. The van der Waals surface area contributed by atoms with Crippen LogP contribution in [0.5, 0.6) is 0 Å². The lowest BCUT2D eigenvalue weighted by Crippen LogP contribution is -2.39. The lowest BCUT2D eigenvalue weighted by atomic mass is 10.2. The first-order valence-electron chi connectivity index (χ1n) is 8.78. The number of sulfonamides is 1. The summed E-state index contributed by atoms with van der Waals surface area (Å²) >= 11 is 9.39. The molecule has 0 fully saturated rings. The first-order valence-corrected chi connectivity index (χ1v) is 11.4. The van der Waals surface area contributed by atoms with Gasteiger partial charge < -0.3 is 0 Å². The molecule has 6 nitrogen and oxygen atoms in total. The van der Waals surface area contributed by atoms with Gasteiger partial charge in [-0.25, -0.2) is 13.8 Å². The maximum atomic E-state index is 13.2. The number of benzene rings is 3. The highest BCUT2D eigenvalue weighted by Crippen LogP contribution is 2.26. The van der Waals surface area contributed by atoms with E-state index in [4.69, 9.17) is 11.6 Å². The summed E-state index contributed by atoms with van der Waals surface area (Å²) in [6.45, 7) is -0.451. The molecule has 0 aliphatic carbocycles. The Balaban J connectivity index is 1.84. The van der Waals surface area contributed by atoms with Gasteiger partial charge in [-0.05, 0) is 36.4 Å². The zero-order valence-electron chi connectivity index (χ0n) is 15.6. The minimum atomic E-state index is -3.97. The molecule has 30 heavy (non-hydrogen) atoms. The lowest BCUT2D eigenvalue weighted by molar-refractivity contribution is -0.119. The lowest BCUT2D eigenvalue weighted by Gasteiger charge is -2.23. The van der Waals surface area contributed by atoms with E-state index in [1.165, 1.54) is 18.3 Å². The van der Waals surface area contributed by atoms with Crippen LogP contribution in [0.25, 0.3) is 0 Å². The van der Waals surface area contributed by atoms with E-state index in [1.54, 1.807) is 66.7 Å². The largest absolute Gasteiger partial charge is 0.271 e. The molecule has 0 aliphatic heterocycles. The van der Waals surface area contributed by atoms with Crippen LogP contribution in [0.1, 0.15) is 5.56 Å². The molecule has 1 N–H and O–H groups in total. The van der Waals surface area contributed by atoms with Crippen molar-refractivity contribution >= 4 is 55.4 Å². The predicted molar refractivity (Wildman–Crippen MR) is 122 cm³/mol.